The Hall–Kier alpha value is -2.56. The topological polar surface area (TPSA) is 0 Å². The SMILES string of the molecule is Cc1ccc2c(c1)C(Cc1c(C)c(C)c(C)p1-c1ccccc1)c1cc(C)ccc1-2. The molecule has 150 valence electrons. The second-order valence-corrected chi connectivity index (χ2v) is 11.3. The van der Waals surface area contributed by atoms with Crippen LogP contribution in [0.2, 0.25) is 0 Å². The van der Waals surface area contributed by atoms with Crippen molar-refractivity contribution in [1.82, 2.24) is 0 Å². The van der Waals surface area contributed by atoms with Gasteiger partial charge in [0.05, 0.1) is 0 Å². The van der Waals surface area contributed by atoms with Gasteiger partial charge in [-0.3, -0.25) is 0 Å². The van der Waals surface area contributed by atoms with E-state index in [2.05, 4.69) is 101 Å². The van der Waals surface area contributed by atoms with E-state index in [1.165, 1.54) is 49.8 Å². The molecule has 0 spiro atoms. The highest BCUT2D eigenvalue weighted by Gasteiger charge is 2.31. The number of aryl methyl sites for hydroxylation is 2. The molecular weight excluding hydrogens is 379 g/mol. The van der Waals surface area contributed by atoms with Crippen LogP contribution in [0.4, 0.5) is 0 Å². The summed E-state index contributed by atoms with van der Waals surface area (Å²) in [5.41, 5.74) is 11.6. The Morgan fingerprint density at radius 2 is 1.23 bits per heavy atom. The predicted octanol–water partition coefficient (Wildman–Crippen LogP) is 8.56. The molecule has 0 N–H and O–H groups in total. The van der Waals surface area contributed by atoms with Crippen LogP contribution in [-0.4, -0.2) is 0 Å². The van der Waals surface area contributed by atoms with Gasteiger partial charge in [-0.2, -0.15) is 0 Å². The highest BCUT2D eigenvalue weighted by atomic mass is 31.1. The predicted molar refractivity (Wildman–Crippen MR) is 132 cm³/mol. The van der Waals surface area contributed by atoms with Crippen molar-refractivity contribution in [3.8, 4) is 16.4 Å². The summed E-state index contributed by atoms with van der Waals surface area (Å²) < 4.78 is 0. The fourth-order valence-corrected chi connectivity index (χ4v) is 8.15. The standard InChI is InChI=1S/C29H29P/c1-18-11-13-24-25-14-12-19(2)16-27(25)28(26(24)15-18)17-29-21(4)20(3)22(5)30(29)23-9-7-6-8-10-23/h6-16,28H,17H2,1-5H3. The van der Waals surface area contributed by atoms with Crippen molar-refractivity contribution in [3.63, 3.8) is 0 Å². The van der Waals surface area contributed by atoms with Crippen LogP contribution in [0.15, 0.2) is 66.7 Å². The molecule has 1 aliphatic carbocycles. The summed E-state index contributed by atoms with van der Waals surface area (Å²) in [6.45, 7) is 11.5. The van der Waals surface area contributed by atoms with Crippen molar-refractivity contribution in [2.75, 3.05) is 0 Å². The lowest BCUT2D eigenvalue weighted by molar-refractivity contribution is 0.832. The molecule has 0 nitrogen and oxygen atoms in total. The van der Waals surface area contributed by atoms with Crippen molar-refractivity contribution in [3.05, 3.63) is 111 Å². The second kappa shape index (κ2) is 7.29. The molecule has 0 saturated carbocycles. The zero-order valence-corrected chi connectivity index (χ0v) is 19.5. The summed E-state index contributed by atoms with van der Waals surface area (Å²) in [6.07, 6.45) is 1.12. The molecule has 1 unspecified atom stereocenters. The molecule has 30 heavy (non-hydrogen) atoms. The molecule has 0 aliphatic heterocycles. The maximum Gasteiger partial charge on any atom is 0.0146 e. The van der Waals surface area contributed by atoms with Crippen LogP contribution in [0.3, 0.4) is 0 Å². The lowest BCUT2D eigenvalue weighted by Gasteiger charge is -2.17. The van der Waals surface area contributed by atoms with Crippen LogP contribution in [-0.2, 0) is 6.42 Å². The lowest BCUT2D eigenvalue weighted by atomic mass is 9.90. The molecule has 4 aromatic rings. The highest BCUT2D eigenvalue weighted by molar-refractivity contribution is 7.58. The number of benzene rings is 3. The van der Waals surface area contributed by atoms with Gasteiger partial charge in [-0.25, -0.2) is 0 Å². The van der Waals surface area contributed by atoms with Crippen LogP contribution in [0, 0.1) is 34.6 Å². The van der Waals surface area contributed by atoms with Gasteiger partial charge in [-0.15, -0.1) is 0 Å². The average molecular weight is 409 g/mol. The Bertz CT molecular complexity index is 1210. The molecule has 3 aromatic carbocycles. The molecule has 1 aliphatic rings. The minimum atomic E-state index is -0.394. The van der Waals surface area contributed by atoms with Crippen LogP contribution in [0.5, 0.6) is 0 Å². The number of hydrogen-bond acceptors (Lipinski definition) is 0. The van der Waals surface area contributed by atoms with E-state index >= 15 is 0 Å². The smallest absolute Gasteiger partial charge is 0.0146 e. The van der Waals surface area contributed by atoms with Crippen LogP contribution in [0.25, 0.3) is 16.4 Å². The first-order chi connectivity index (χ1) is 14.5. The van der Waals surface area contributed by atoms with Gasteiger partial charge in [-0.05, 0) is 90.3 Å². The summed E-state index contributed by atoms with van der Waals surface area (Å²) >= 11 is 0. The van der Waals surface area contributed by atoms with E-state index in [1.54, 1.807) is 10.6 Å². The molecule has 1 heterocycles. The van der Waals surface area contributed by atoms with E-state index < -0.39 is 7.53 Å². The highest BCUT2D eigenvalue weighted by Crippen LogP contribution is 2.55. The molecule has 0 amide bonds. The molecular formula is C29H29P. The zero-order chi connectivity index (χ0) is 21.0. The first-order valence-corrected chi connectivity index (χ1v) is 12.2. The summed E-state index contributed by atoms with van der Waals surface area (Å²) in [7, 11) is -0.394. The van der Waals surface area contributed by atoms with E-state index in [-0.39, 0.29) is 0 Å². The second-order valence-electron chi connectivity index (χ2n) is 8.89. The first-order valence-electron chi connectivity index (χ1n) is 10.9. The monoisotopic (exact) mass is 408 g/mol. The van der Waals surface area contributed by atoms with Gasteiger partial charge in [0.2, 0.25) is 0 Å². The number of hydrogen-bond donors (Lipinski definition) is 0. The largest absolute Gasteiger partial charge is 0.0865 e. The van der Waals surface area contributed by atoms with Gasteiger partial charge in [-0.1, -0.05) is 85.4 Å². The van der Waals surface area contributed by atoms with Crippen molar-refractivity contribution in [2.24, 2.45) is 0 Å². The quantitative estimate of drug-likeness (QED) is 0.318. The first kappa shape index (κ1) is 19.4. The molecule has 1 heteroatoms. The molecule has 1 atom stereocenters. The fourth-order valence-electron chi connectivity index (χ4n) is 5.21. The molecule has 0 saturated heterocycles. The average Bonchev–Trinajstić information content (AvgIpc) is 3.15. The van der Waals surface area contributed by atoms with Gasteiger partial charge in [0.1, 0.15) is 0 Å². The van der Waals surface area contributed by atoms with Gasteiger partial charge >= 0.3 is 0 Å². The van der Waals surface area contributed by atoms with Crippen LogP contribution >= 0.6 is 7.53 Å². The number of fused-ring (bicyclic) bond motifs is 3. The van der Waals surface area contributed by atoms with E-state index in [4.69, 9.17) is 0 Å². The Morgan fingerprint density at radius 1 is 0.667 bits per heavy atom. The lowest BCUT2D eigenvalue weighted by Crippen LogP contribution is -2.02. The third kappa shape index (κ3) is 2.98. The van der Waals surface area contributed by atoms with Gasteiger partial charge < -0.3 is 0 Å². The summed E-state index contributed by atoms with van der Waals surface area (Å²) in [4.78, 5) is 0. The van der Waals surface area contributed by atoms with E-state index in [9.17, 15) is 0 Å². The Kier molecular flexibility index (Phi) is 4.72. The third-order valence-electron chi connectivity index (χ3n) is 7.01. The fraction of sp³-hybridized carbons (Fsp3) is 0.241. The molecule has 0 bridgehead atoms. The van der Waals surface area contributed by atoms with Gasteiger partial charge in [0, 0.05) is 5.92 Å². The Morgan fingerprint density at radius 3 is 1.80 bits per heavy atom. The van der Waals surface area contributed by atoms with E-state index in [1.807, 2.05) is 0 Å². The van der Waals surface area contributed by atoms with Crippen molar-refractivity contribution < 1.29 is 0 Å². The zero-order valence-electron chi connectivity index (χ0n) is 18.6. The van der Waals surface area contributed by atoms with Gasteiger partial charge in [0.25, 0.3) is 0 Å². The van der Waals surface area contributed by atoms with Crippen molar-refractivity contribution in [2.45, 2.75) is 47.0 Å². The summed E-state index contributed by atoms with van der Waals surface area (Å²) in [5.74, 6) is 0.451. The summed E-state index contributed by atoms with van der Waals surface area (Å²) in [6, 6.07) is 25.2. The van der Waals surface area contributed by atoms with Crippen molar-refractivity contribution >= 4 is 7.53 Å². The normalized spacial score (nSPS) is 13.4. The minimum absolute atomic E-state index is 0.394. The maximum absolute atomic E-state index is 2.43. The van der Waals surface area contributed by atoms with E-state index in [0.717, 1.165) is 6.42 Å². The number of rotatable bonds is 3. The molecule has 1 aromatic heterocycles. The minimum Gasteiger partial charge on any atom is -0.0865 e. The summed E-state index contributed by atoms with van der Waals surface area (Å²) in [5, 5.41) is 4.73. The maximum atomic E-state index is 2.43. The molecule has 0 fully saturated rings. The third-order valence-corrected chi connectivity index (χ3v) is 9.89. The molecule has 0 radical (unpaired) electrons. The molecule has 5 rings (SSSR count). The Balaban J connectivity index is 1.70. The Labute approximate surface area is 181 Å². The van der Waals surface area contributed by atoms with E-state index in [0.29, 0.717) is 5.92 Å². The van der Waals surface area contributed by atoms with Gasteiger partial charge in [0.15, 0.2) is 0 Å². The van der Waals surface area contributed by atoms with Crippen LogP contribution < -0.4 is 0 Å². The van der Waals surface area contributed by atoms with Crippen molar-refractivity contribution in [1.29, 1.82) is 0 Å². The van der Waals surface area contributed by atoms with Crippen LogP contribution in [0.1, 0.15) is 49.9 Å².